The Bertz CT molecular complexity index is 354. The predicted molar refractivity (Wildman–Crippen MR) is 78.7 cm³/mol. The van der Waals surface area contributed by atoms with E-state index in [2.05, 4.69) is 19.2 Å². The SMILES string of the molecule is CCNC(C)CCCCOc1cc(Cl)ccc1C. The highest BCUT2D eigenvalue weighted by molar-refractivity contribution is 6.30. The molecule has 0 aliphatic carbocycles. The molecule has 0 aromatic heterocycles. The first-order chi connectivity index (χ1) is 8.63. The minimum Gasteiger partial charge on any atom is -0.493 e. The number of hydrogen-bond acceptors (Lipinski definition) is 2. The third-order valence-electron chi connectivity index (χ3n) is 2.99. The molecule has 0 aliphatic heterocycles. The summed E-state index contributed by atoms with van der Waals surface area (Å²) < 4.78 is 5.75. The molecule has 0 saturated heterocycles. The highest BCUT2D eigenvalue weighted by atomic mass is 35.5. The summed E-state index contributed by atoms with van der Waals surface area (Å²) in [5, 5.41) is 4.15. The van der Waals surface area contributed by atoms with E-state index in [-0.39, 0.29) is 0 Å². The van der Waals surface area contributed by atoms with Crippen molar-refractivity contribution in [3.63, 3.8) is 0 Å². The van der Waals surface area contributed by atoms with Crippen molar-refractivity contribution in [3.8, 4) is 5.75 Å². The molecule has 3 heteroatoms. The maximum atomic E-state index is 5.94. The lowest BCUT2D eigenvalue weighted by atomic mass is 10.1. The standard InChI is InChI=1S/C15H24ClNO/c1-4-17-13(3)7-5-6-10-18-15-11-14(16)9-8-12(15)2/h8-9,11,13,17H,4-7,10H2,1-3H3. The molecule has 0 aliphatic rings. The molecule has 1 rings (SSSR count). The number of halogens is 1. The molecule has 0 bridgehead atoms. The maximum Gasteiger partial charge on any atom is 0.123 e. The van der Waals surface area contributed by atoms with Crippen LogP contribution in [0, 0.1) is 6.92 Å². The Morgan fingerprint density at radius 2 is 2.11 bits per heavy atom. The molecule has 0 radical (unpaired) electrons. The minimum absolute atomic E-state index is 0.600. The van der Waals surface area contributed by atoms with Gasteiger partial charge in [-0.1, -0.05) is 24.6 Å². The molecular weight excluding hydrogens is 246 g/mol. The molecule has 1 aromatic carbocycles. The van der Waals surface area contributed by atoms with Crippen LogP contribution < -0.4 is 10.1 Å². The van der Waals surface area contributed by atoms with Gasteiger partial charge in [0.1, 0.15) is 5.75 Å². The van der Waals surface area contributed by atoms with Crippen molar-refractivity contribution in [1.82, 2.24) is 5.32 Å². The van der Waals surface area contributed by atoms with Gasteiger partial charge in [-0.15, -0.1) is 0 Å². The van der Waals surface area contributed by atoms with E-state index in [1.165, 1.54) is 12.8 Å². The fraction of sp³-hybridized carbons (Fsp3) is 0.600. The normalized spacial score (nSPS) is 12.4. The molecule has 102 valence electrons. The van der Waals surface area contributed by atoms with Crippen LogP contribution in [0.2, 0.25) is 5.02 Å². The lowest BCUT2D eigenvalue weighted by Gasteiger charge is -2.12. The number of unbranched alkanes of at least 4 members (excludes halogenated alkanes) is 1. The van der Waals surface area contributed by atoms with Gasteiger partial charge in [-0.05, 0) is 57.4 Å². The van der Waals surface area contributed by atoms with E-state index in [9.17, 15) is 0 Å². The van der Waals surface area contributed by atoms with Gasteiger partial charge in [0, 0.05) is 11.1 Å². The predicted octanol–water partition coefficient (Wildman–Crippen LogP) is 4.20. The fourth-order valence-corrected chi connectivity index (χ4v) is 2.08. The van der Waals surface area contributed by atoms with Gasteiger partial charge in [-0.25, -0.2) is 0 Å². The average molecular weight is 270 g/mol. The third-order valence-corrected chi connectivity index (χ3v) is 3.23. The second kappa shape index (κ2) is 8.39. The van der Waals surface area contributed by atoms with Gasteiger partial charge >= 0.3 is 0 Å². The van der Waals surface area contributed by atoms with Crippen LogP contribution in [0.3, 0.4) is 0 Å². The summed E-state index contributed by atoms with van der Waals surface area (Å²) in [4.78, 5) is 0. The molecule has 1 N–H and O–H groups in total. The van der Waals surface area contributed by atoms with Gasteiger partial charge in [0.05, 0.1) is 6.61 Å². The van der Waals surface area contributed by atoms with E-state index in [1.54, 1.807) is 0 Å². The molecule has 0 saturated carbocycles. The van der Waals surface area contributed by atoms with Crippen molar-refractivity contribution in [2.75, 3.05) is 13.2 Å². The molecule has 0 fully saturated rings. The lowest BCUT2D eigenvalue weighted by Crippen LogP contribution is -2.25. The summed E-state index contributed by atoms with van der Waals surface area (Å²) in [6, 6.07) is 6.37. The summed E-state index contributed by atoms with van der Waals surface area (Å²) in [6.07, 6.45) is 3.47. The molecule has 0 heterocycles. The minimum atomic E-state index is 0.600. The van der Waals surface area contributed by atoms with Crippen LogP contribution in [0.1, 0.15) is 38.7 Å². The third kappa shape index (κ3) is 5.74. The summed E-state index contributed by atoms with van der Waals surface area (Å²) in [6.45, 7) is 8.21. The molecule has 1 aromatic rings. The summed E-state index contributed by atoms with van der Waals surface area (Å²) in [5.74, 6) is 0.905. The Kier molecular flexibility index (Phi) is 7.14. The average Bonchev–Trinajstić information content (AvgIpc) is 2.33. The van der Waals surface area contributed by atoms with Crippen LogP contribution >= 0.6 is 11.6 Å². The van der Waals surface area contributed by atoms with E-state index in [0.29, 0.717) is 6.04 Å². The van der Waals surface area contributed by atoms with Crippen molar-refractivity contribution in [2.24, 2.45) is 0 Å². The van der Waals surface area contributed by atoms with Crippen LogP contribution in [-0.2, 0) is 0 Å². The van der Waals surface area contributed by atoms with Gasteiger partial charge in [-0.3, -0.25) is 0 Å². The van der Waals surface area contributed by atoms with E-state index in [0.717, 1.165) is 35.9 Å². The Morgan fingerprint density at radius 3 is 2.83 bits per heavy atom. The Hall–Kier alpha value is -0.730. The first-order valence-corrected chi connectivity index (χ1v) is 7.13. The van der Waals surface area contributed by atoms with E-state index in [4.69, 9.17) is 16.3 Å². The molecule has 0 amide bonds. The largest absolute Gasteiger partial charge is 0.493 e. The van der Waals surface area contributed by atoms with E-state index >= 15 is 0 Å². The monoisotopic (exact) mass is 269 g/mol. The Labute approximate surface area is 116 Å². The summed E-state index contributed by atoms with van der Waals surface area (Å²) in [5.41, 5.74) is 1.14. The van der Waals surface area contributed by atoms with Crippen LogP contribution in [0.4, 0.5) is 0 Å². The van der Waals surface area contributed by atoms with Crippen molar-refractivity contribution in [1.29, 1.82) is 0 Å². The number of hydrogen-bond donors (Lipinski definition) is 1. The molecule has 0 spiro atoms. The number of nitrogens with one attached hydrogen (secondary N) is 1. The topological polar surface area (TPSA) is 21.3 Å². The van der Waals surface area contributed by atoms with E-state index in [1.807, 2.05) is 25.1 Å². The lowest BCUT2D eigenvalue weighted by molar-refractivity contribution is 0.300. The number of aryl methyl sites for hydroxylation is 1. The smallest absolute Gasteiger partial charge is 0.123 e. The molecule has 1 atom stereocenters. The first kappa shape index (κ1) is 15.3. The summed E-state index contributed by atoms with van der Waals surface area (Å²) in [7, 11) is 0. The molecule has 18 heavy (non-hydrogen) atoms. The van der Waals surface area contributed by atoms with E-state index < -0.39 is 0 Å². The zero-order valence-corrected chi connectivity index (χ0v) is 12.4. The zero-order valence-electron chi connectivity index (χ0n) is 11.6. The van der Waals surface area contributed by atoms with Crippen molar-refractivity contribution in [3.05, 3.63) is 28.8 Å². The van der Waals surface area contributed by atoms with Crippen molar-refractivity contribution < 1.29 is 4.74 Å². The van der Waals surface area contributed by atoms with Crippen LogP contribution in [-0.4, -0.2) is 19.2 Å². The van der Waals surface area contributed by atoms with Gasteiger partial charge in [0.25, 0.3) is 0 Å². The number of ether oxygens (including phenoxy) is 1. The highest BCUT2D eigenvalue weighted by Gasteiger charge is 2.02. The van der Waals surface area contributed by atoms with Gasteiger partial charge in [0.15, 0.2) is 0 Å². The van der Waals surface area contributed by atoms with Crippen molar-refractivity contribution >= 4 is 11.6 Å². The Balaban J connectivity index is 2.19. The number of rotatable bonds is 8. The molecule has 1 unspecified atom stereocenters. The van der Waals surface area contributed by atoms with Crippen LogP contribution in [0.5, 0.6) is 5.75 Å². The fourth-order valence-electron chi connectivity index (χ4n) is 1.91. The van der Waals surface area contributed by atoms with Crippen LogP contribution in [0.25, 0.3) is 0 Å². The molecular formula is C15H24ClNO. The second-order valence-electron chi connectivity index (χ2n) is 4.71. The van der Waals surface area contributed by atoms with Gasteiger partial charge < -0.3 is 10.1 Å². The van der Waals surface area contributed by atoms with Crippen LogP contribution in [0.15, 0.2) is 18.2 Å². The maximum absolute atomic E-state index is 5.94. The Morgan fingerprint density at radius 1 is 1.33 bits per heavy atom. The number of benzene rings is 1. The summed E-state index contributed by atoms with van der Waals surface area (Å²) >= 11 is 5.94. The van der Waals surface area contributed by atoms with Crippen molar-refractivity contribution in [2.45, 2.75) is 46.1 Å². The second-order valence-corrected chi connectivity index (χ2v) is 5.15. The van der Waals surface area contributed by atoms with Gasteiger partial charge in [-0.2, -0.15) is 0 Å². The van der Waals surface area contributed by atoms with Gasteiger partial charge in [0.2, 0.25) is 0 Å². The highest BCUT2D eigenvalue weighted by Crippen LogP contribution is 2.22. The zero-order chi connectivity index (χ0) is 13.4. The quantitative estimate of drug-likeness (QED) is 0.715. The first-order valence-electron chi connectivity index (χ1n) is 6.75. The molecule has 2 nitrogen and oxygen atoms in total.